The van der Waals surface area contributed by atoms with Crippen LogP contribution in [0.2, 0.25) is 0 Å². The van der Waals surface area contributed by atoms with Crippen molar-refractivity contribution in [3.63, 3.8) is 0 Å². The molecule has 12 nitrogen and oxygen atoms in total. The molecule has 1 aromatic carbocycles. The number of piperidine rings is 2. The molecule has 4 amide bonds. The molecule has 0 radical (unpaired) electrons. The number of imide groups is 2. The van der Waals surface area contributed by atoms with E-state index in [1.165, 1.54) is 0 Å². The predicted molar refractivity (Wildman–Crippen MR) is 116 cm³/mol. The summed E-state index contributed by atoms with van der Waals surface area (Å²) in [6, 6.07) is 4.21. The molecule has 1 unspecified atom stereocenters. The number of nitrogens with one attached hydrogen (secondary N) is 3. The van der Waals surface area contributed by atoms with Crippen LogP contribution < -0.4 is 21.3 Å². The lowest BCUT2D eigenvalue weighted by molar-refractivity contribution is -0.136. The van der Waals surface area contributed by atoms with E-state index in [1.807, 2.05) is 0 Å². The Morgan fingerprint density at radius 3 is 2.58 bits per heavy atom. The summed E-state index contributed by atoms with van der Waals surface area (Å²) in [6.07, 6.45) is 2.01. The monoisotopic (exact) mass is 452 g/mol. The van der Waals surface area contributed by atoms with Crippen molar-refractivity contribution in [1.29, 1.82) is 0 Å². The van der Waals surface area contributed by atoms with E-state index < -0.39 is 29.7 Å². The van der Waals surface area contributed by atoms with Crippen LogP contribution in [0.1, 0.15) is 52.0 Å². The summed E-state index contributed by atoms with van der Waals surface area (Å²) in [5.74, 6) is -0.978. The van der Waals surface area contributed by atoms with Gasteiger partial charge < -0.3 is 16.0 Å². The van der Waals surface area contributed by atoms with Gasteiger partial charge in [0.2, 0.25) is 23.7 Å². The first-order chi connectivity index (χ1) is 15.9. The standard InChI is InChI=1S/C21H24N8O4/c22-12-5-7-28(8-6-12)21-25-20(26-27-21)23-10-11-1-2-13-14(9-11)19(33)29(18(13)32)15-3-4-16(30)24-17(15)31/h1-2,9,12,15H,3-8,10,22H2,(H,24,30,31)(H2,23,25,26,27). The van der Waals surface area contributed by atoms with Gasteiger partial charge in [0.15, 0.2) is 0 Å². The summed E-state index contributed by atoms with van der Waals surface area (Å²) in [4.78, 5) is 56.8. The zero-order valence-corrected chi connectivity index (χ0v) is 17.8. The van der Waals surface area contributed by atoms with E-state index in [0.29, 0.717) is 18.4 Å². The first-order valence-corrected chi connectivity index (χ1v) is 10.9. The molecule has 172 valence electrons. The number of benzene rings is 1. The van der Waals surface area contributed by atoms with Gasteiger partial charge in [0.25, 0.3) is 11.8 Å². The molecule has 1 atom stereocenters. The molecule has 0 aliphatic carbocycles. The van der Waals surface area contributed by atoms with Gasteiger partial charge in [0.05, 0.1) is 11.1 Å². The Labute approximate surface area is 188 Å². The number of amides is 4. The third-order valence-corrected chi connectivity index (χ3v) is 6.26. The molecule has 2 aromatic rings. The Balaban J connectivity index is 1.26. The van der Waals surface area contributed by atoms with Crippen LogP contribution in [0.5, 0.6) is 0 Å². The van der Waals surface area contributed by atoms with Crippen LogP contribution in [-0.2, 0) is 16.1 Å². The normalized spacial score (nSPS) is 21.4. The maximum absolute atomic E-state index is 12.9. The SMILES string of the molecule is NC1CCN(c2n[nH]c(NCc3ccc4c(c3)C(=O)N(C3CCC(=O)NC3=O)C4=O)n2)CC1. The number of aromatic nitrogens is 3. The third kappa shape index (κ3) is 3.93. The molecule has 5 N–H and O–H groups in total. The van der Waals surface area contributed by atoms with Crippen molar-refractivity contribution in [3.05, 3.63) is 34.9 Å². The van der Waals surface area contributed by atoms with Crippen LogP contribution in [-0.4, -0.2) is 68.9 Å². The first-order valence-electron chi connectivity index (χ1n) is 10.9. The summed E-state index contributed by atoms with van der Waals surface area (Å²) in [5.41, 5.74) is 7.20. The second kappa shape index (κ2) is 8.28. The van der Waals surface area contributed by atoms with Gasteiger partial charge in [0.1, 0.15) is 6.04 Å². The van der Waals surface area contributed by atoms with E-state index in [0.717, 1.165) is 36.4 Å². The van der Waals surface area contributed by atoms with E-state index in [2.05, 4.69) is 30.7 Å². The highest BCUT2D eigenvalue weighted by Gasteiger charge is 2.44. The molecule has 0 spiro atoms. The zero-order valence-electron chi connectivity index (χ0n) is 17.8. The predicted octanol–water partition coefficient (Wildman–Crippen LogP) is -0.254. The number of hydrogen-bond donors (Lipinski definition) is 4. The molecule has 3 aliphatic rings. The highest BCUT2D eigenvalue weighted by molar-refractivity contribution is 6.23. The highest BCUT2D eigenvalue weighted by Crippen LogP contribution is 2.28. The lowest BCUT2D eigenvalue weighted by Crippen LogP contribution is -2.54. The number of nitrogens with two attached hydrogens (primary N) is 1. The number of rotatable bonds is 5. The average molecular weight is 452 g/mol. The minimum atomic E-state index is -0.978. The molecule has 2 saturated heterocycles. The Kier molecular flexibility index (Phi) is 5.29. The van der Waals surface area contributed by atoms with E-state index in [1.54, 1.807) is 18.2 Å². The second-order valence-electron chi connectivity index (χ2n) is 8.49. The van der Waals surface area contributed by atoms with Crippen molar-refractivity contribution >= 4 is 35.5 Å². The van der Waals surface area contributed by atoms with E-state index in [9.17, 15) is 19.2 Å². The van der Waals surface area contributed by atoms with Crippen molar-refractivity contribution in [2.75, 3.05) is 23.3 Å². The largest absolute Gasteiger partial charge is 0.350 e. The van der Waals surface area contributed by atoms with Crippen LogP contribution in [0.25, 0.3) is 0 Å². The maximum Gasteiger partial charge on any atom is 0.262 e. The second-order valence-corrected chi connectivity index (χ2v) is 8.49. The Bertz CT molecular complexity index is 1140. The van der Waals surface area contributed by atoms with E-state index >= 15 is 0 Å². The van der Waals surface area contributed by atoms with Gasteiger partial charge in [0, 0.05) is 32.1 Å². The fourth-order valence-electron chi connectivity index (χ4n) is 4.39. The number of fused-ring (bicyclic) bond motifs is 1. The van der Waals surface area contributed by atoms with Gasteiger partial charge in [-0.05, 0) is 37.0 Å². The van der Waals surface area contributed by atoms with Crippen molar-refractivity contribution < 1.29 is 19.2 Å². The van der Waals surface area contributed by atoms with Crippen LogP contribution in [0.15, 0.2) is 18.2 Å². The maximum atomic E-state index is 12.9. The molecule has 12 heteroatoms. The summed E-state index contributed by atoms with van der Waals surface area (Å²) in [6.45, 7) is 1.97. The van der Waals surface area contributed by atoms with E-state index in [4.69, 9.17) is 5.73 Å². The number of hydrogen-bond acceptors (Lipinski definition) is 9. The summed E-state index contributed by atoms with van der Waals surface area (Å²) < 4.78 is 0. The van der Waals surface area contributed by atoms with Crippen molar-refractivity contribution in [2.24, 2.45) is 5.73 Å². The van der Waals surface area contributed by atoms with Gasteiger partial charge in [-0.1, -0.05) is 6.07 Å². The van der Waals surface area contributed by atoms with Gasteiger partial charge in [-0.25, -0.2) is 5.10 Å². The Morgan fingerprint density at radius 1 is 1.06 bits per heavy atom. The molecule has 0 saturated carbocycles. The lowest BCUT2D eigenvalue weighted by Gasteiger charge is -2.28. The number of aromatic amines is 1. The first kappa shape index (κ1) is 21.1. The van der Waals surface area contributed by atoms with Crippen LogP contribution in [0, 0.1) is 0 Å². The number of carbonyl (C=O) groups is 4. The van der Waals surface area contributed by atoms with E-state index in [-0.39, 0.29) is 30.0 Å². The van der Waals surface area contributed by atoms with Gasteiger partial charge >= 0.3 is 0 Å². The minimum Gasteiger partial charge on any atom is -0.350 e. The number of H-pyrrole nitrogens is 1. The molecule has 1 aromatic heterocycles. The smallest absolute Gasteiger partial charge is 0.262 e. The molecular weight excluding hydrogens is 428 g/mol. The molecule has 4 heterocycles. The molecule has 5 rings (SSSR count). The van der Waals surface area contributed by atoms with Crippen LogP contribution in [0.3, 0.4) is 0 Å². The molecule has 0 bridgehead atoms. The highest BCUT2D eigenvalue weighted by atomic mass is 16.2. The lowest BCUT2D eigenvalue weighted by atomic mass is 10.0. The summed E-state index contributed by atoms with van der Waals surface area (Å²) in [7, 11) is 0. The topological polar surface area (TPSA) is 166 Å². The summed E-state index contributed by atoms with van der Waals surface area (Å²) >= 11 is 0. The summed E-state index contributed by atoms with van der Waals surface area (Å²) in [5, 5.41) is 12.4. The number of carbonyl (C=O) groups excluding carboxylic acids is 4. The van der Waals surface area contributed by atoms with Crippen LogP contribution in [0.4, 0.5) is 11.9 Å². The average Bonchev–Trinajstić information content (AvgIpc) is 3.37. The van der Waals surface area contributed by atoms with Crippen molar-refractivity contribution in [1.82, 2.24) is 25.4 Å². The van der Waals surface area contributed by atoms with Crippen molar-refractivity contribution in [3.8, 4) is 0 Å². The van der Waals surface area contributed by atoms with Gasteiger partial charge in [-0.2, -0.15) is 4.98 Å². The molecule has 2 fully saturated rings. The fourth-order valence-corrected chi connectivity index (χ4v) is 4.39. The minimum absolute atomic E-state index is 0.0857. The number of nitrogens with zero attached hydrogens (tertiary/aromatic N) is 4. The van der Waals surface area contributed by atoms with Crippen molar-refractivity contribution in [2.45, 2.75) is 44.3 Å². The molecule has 3 aliphatic heterocycles. The van der Waals surface area contributed by atoms with Gasteiger partial charge in [-0.15, -0.1) is 5.10 Å². The molecule has 33 heavy (non-hydrogen) atoms. The quantitative estimate of drug-likeness (QED) is 0.447. The third-order valence-electron chi connectivity index (χ3n) is 6.26. The Hall–Kier alpha value is -3.80. The van der Waals surface area contributed by atoms with Gasteiger partial charge in [-0.3, -0.25) is 29.4 Å². The zero-order chi connectivity index (χ0) is 23.1. The fraction of sp³-hybridized carbons (Fsp3) is 0.429. The Morgan fingerprint density at radius 2 is 1.82 bits per heavy atom. The number of anilines is 2. The molecular formula is C21H24N8O4. The van der Waals surface area contributed by atoms with Crippen LogP contribution >= 0.6 is 0 Å².